The summed E-state index contributed by atoms with van der Waals surface area (Å²) in [5.41, 5.74) is 1.33. The summed E-state index contributed by atoms with van der Waals surface area (Å²) in [5, 5.41) is 2.93. The Hall–Kier alpha value is -3.67. The maximum Gasteiger partial charge on any atom is 0.291 e. The third-order valence-corrected chi connectivity index (χ3v) is 9.39. The topological polar surface area (TPSA) is 54.5 Å². The summed E-state index contributed by atoms with van der Waals surface area (Å²) >= 11 is 0. The van der Waals surface area contributed by atoms with Gasteiger partial charge in [-0.1, -0.05) is 62.8 Å². The molecule has 1 fully saturated rings. The first-order valence-electron chi connectivity index (χ1n) is 16.5. The van der Waals surface area contributed by atoms with E-state index in [1.165, 1.54) is 56.2 Å². The summed E-state index contributed by atoms with van der Waals surface area (Å²) in [6, 6.07) is 14.8. The molecule has 1 N–H and O–H groups in total. The second kappa shape index (κ2) is 15.9. The van der Waals surface area contributed by atoms with Gasteiger partial charge in [0.1, 0.15) is 0 Å². The minimum Gasteiger partial charge on any atom is -0.436 e. The van der Waals surface area contributed by atoms with Crippen LogP contribution in [0.5, 0.6) is 0 Å². The quantitative estimate of drug-likeness (QED) is 0.261. The van der Waals surface area contributed by atoms with Crippen molar-refractivity contribution >= 4 is 11.6 Å². The third-order valence-electron chi connectivity index (χ3n) is 9.39. The van der Waals surface area contributed by atoms with Crippen LogP contribution in [0.1, 0.15) is 102 Å². The van der Waals surface area contributed by atoms with Crippen molar-refractivity contribution in [3.8, 4) is 0 Å². The number of carbonyl (C=O) groups is 1. The highest BCUT2D eigenvalue weighted by Crippen LogP contribution is 2.39. The van der Waals surface area contributed by atoms with E-state index in [9.17, 15) is 4.79 Å². The Balaban J connectivity index is 1.47. The molecule has 1 aliphatic carbocycles. The number of halogens is 1. The Labute approximate surface area is 264 Å². The van der Waals surface area contributed by atoms with Gasteiger partial charge in [0.15, 0.2) is 17.3 Å². The molecule has 1 aliphatic heterocycles. The third kappa shape index (κ3) is 8.08. The molecular formula is C38H50FN3O2. The number of aromatic nitrogens is 1. The average molecular weight is 600 g/mol. The number of hydrogen-bond acceptors (Lipinski definition) is 4. The number of nitrogens with one attached hydrogen (secondary N) is 1. The molecule has 1 amide bonds. The van der Waals surface area contributed by atoms with E-state index in [0.29, 0.717) is 55.3 Å². The van der Waals surface area contributed by atoms with E-state index < -0.39 is 11.6 Å². The Kier molecular flexibility index (Phi) is 12.0. The SMILES string of the molecule is C=CC(F)(C=CC)C1=C(C(=O)Nc2ccc(C(C)C3CCCC(c4ccccc4)CCC3)nc2)OC(N(CC)CC)=CCC1. The van der Waals surface area contributed by atoms with Gasteiger partial charge in [-0.15, -0.1) is 0 Å². The molecule has 2 unspecified atom stereocenters. The first-order chi connectivity index (χ1) is 21.3. The first-order valence-corrected chi connectivity index (χ1v) is 16.5. The average Bonchev–Trinajstić information content (AvgIpc) is 3.26. The lowest BCUT2D eigenvalue weighted by atomic mass is 9.77. The highest BCUT2D eigenvalue weighted by atomic mass is 19.1. The van der Waals surface area contributed by atoms with E-state index in [1.54, 1.807) is 19.2 Å². The maximum absolute atomic E-state index is 16.1. The van der Waals surface area contributed by atoms with Gasteiger partial charge in [-0.3, -0.25) is 9.78 Å². The number of hydrogen-bond donors (Lipinski definition) is 1. The molecule has 0 spiro atoms. The van der Waals surface area contributed by atoms with Gasteiger partial charge >= 0.3 is 0 Å². The highest BCUT2D eigenvalue weighted by molar-refractivity contribution is 6.03. The van der Waals surface area contributed by atoms with E-state index in [0.717, 1.165) is 5.69 Å². The molecule has 2 aromatic rings. The summed E-state index contributed by atoms with van der Waals surface area (Å²) < 4.78 is 22.3. The van der Waals surface area contributed by atoms with Gasteiger partial charge in [-0.2, -0.15) is 0 Å². The number of anilines is 1. The fourth-order valence-electron chi connectivity index (χ4n) is 6.75. The lowest BCUT2D eigenvalue weighted by Gasteiger charge is -2.29. The van der Waals surface area contributed by atoms with Gasteiger partial charge in [0.25, 0.3) is 5.91 Å². The van der Waals surface area contributed by atoms with Crippen molar-refractivity contribution in [1.29, 1.82) is 0 Å². The molecule has 6 heteroatoms. The summed E-state index contributed by atoms with van der Waals surface area (Å²) in [4.78, 5) is 20.5. The predicted molar refractivity (Wildman–Crippen MR) is 179 cm³/mol. The van der Waals surface area contributed by atoms with Gasteiger partial charge in [-0.05, 0) is 107 Å². The minimum absolute atomic E-state index is 0.0260. The highest BCUT2D eigenvalue weighted by Gasteiger charge is 2.36. The monoisotopic (exact) mass is 599 g/mol. The molecule has 1 saturated carbocycles. The van der Waals surface area contributed by atoms with E-state index in [2.05, 4.69) is 49.2 Å². The summed E-state index contributed by atoms with van der Waals surface area (Å²) in [6.07, 6.45) is 16.1. The van der Waals surface area contributed by atoms with Crippen LogP contribution in [0, 0.1) is 5.92 Å². The van der Waals surface area contributed by atoms with Crippen molar-refractivity contribution in [3.05, 3.63) is 108 Å². The number of carbonyl (C=O) groups excluding carboxylic acids is 1. The van der Waals surface area contributed by atoms with Gasteiger partial charge in [-0.25, -0.2) is 4.39 Å². The molecule has 44 heavy (non-hydrogen) atoms. The first kappa shape index (κ1) is 33.2. The maximum atomic E-state index is 16.1. The number of alkyl halides is 1. The van der Waals surface area contributed by atoms with Gasteiger partial charge in [0.05, 0.1) is 11.9 Å². The zero-order valence-electron chi connectivity index (χ0n) is 27.0. The van der Waals surface area contributed by atoms with Gasteiger partial charge < -0.3 is 15.0 Å². The molecule has 0 radical (unpaired) electrons. The lowest BCUT2D eigenvalue weighted by molar-refractivity contribution is -0.116. The van der Waals surface area contributed by atoms with Gasteiger partial charge in [0, 0.05) is 30.3 Å². The Bertz CT molecular complexity index is 1320. The number of benzene rings is 1. The standard InChI is InChI=1S/C38H50FN3O2/c1-6-26-38(39,7-2)33-22-15-23-35(42(8-3)9-4)44-36(33)37(43)41-32-24-25-34(40-27-32)28(5)29-18-13-20-31(21-14-19-29)30-16-11-10-12-17-30/h6-7,10-12,16-17,23-29,31H,2,8-9,13-15,18-22H2,1,3-5H3,(H,41,43). The van der Waals surface area contributed by atoms with Crippen LogP contribution in [0.25, 0.3) is 0 Å². The molecule has 0 saturated heterocycles. The molecular weight excluding hydrogens is 549 g/mol. The summed E-state index contributed by atoms with van der Waals surface area (Å²) in [5.74, 6) is 1.62. The molecule has 236 valence electrons. The number of ether oxygens (including phenoxy) is 1. The van der Waals surface area contributed by atoms with Crippen molar-refractivity contribution in [2.75, 3.05) is 18.4 Å². The zero-order chi connectivity index (χ0) is 31.5. The number of allylic oxidation sites excluding steroid dienone is 5. The minimum atomic E-state index is -2.00. The molecule has 5 nitrogen and oxygen atoms in total. The second-order valence-electron chi connectivity index (χ2n) is 12.1. The van der Waals surface area contributed by atoms with Crippen LogP contribution in [-0.2, 0) is 9.53 Å². The fourth-order valence-corrected chi connectivity index (χ4v) is 6.75. The fraction of sp³-hybridized carbons (Fsp3) is 0.474. The van der Waals surface area contributed by atoms with Crippen LogP contribution in [0.15, 0.2) is 96.8 Å². The lowest BCUT2D eigenvalue weighted by Crippen LogP contribution is -2.29. The number of nitrogens with zero attached hydrogens (tertiary/aromatic N) is 2. The molecule has 1 aromatic carbocycles. The van der Waals surface area contributed by atoms with Crippen LogP contribution in [0.4, 0.5) is 10.1 Å². The number of rotatable bonds is 11. The number of amides is 1. The predicted octanol–water partition coefficient (Wildman–Crippen LogP) is 9.60. The van der Waals surface area contributed by atoms with Crippen molar-refractivity contribution in [3.63, 3.8) is 0 Å². The van der Waals surface area contributed by atoms with Crippen LogP contribution in [0.3, 0.4) is 0 Å². The Morgan fingerprint density at radius 2 is 1.84 bits per heavy atom. The molecule has 2 atom stereocenters. The van der Waals surface area contributed by atoms with Gasteiger partial charge in [0.2, 0.25) is 0 Å². The van der Waals surface area contributed by atoms with Crippen LogP contribution >= 0.6 is 0 Å². The van der Waals surface area contributed by atoms with Crippen molar-refractivity contribution in [2.45, 2.75) is 96.6 Å². The molecule has 1 aromatic heterocycles. The van der Waals surface area contributed by atoms with E-state index in [1.807, 2.05) is 37.0 Å². The number of pyridine rings is 1. The summed E-state index contributed by atoms with van der Waals surface area (Å²) in [6.45, 7) is 13.2. The van der Waals surface area contributed by atoms with Crippen LogP contribution in [0.2, 0.25) is 0 Å². The van der Waals surface area contributed by atoms with E-state index >= 15 is 4.39 Å². The normalized spacial score (nSPS) is 21.6. The Morgan fingerprint density at radius 1 is 1.14 bits per heavy atom. The van der Waals surface area contributed by atoms with E-state index in [4.69, 9.17) is 9.72 Å². The Morgan fingerprint density at radius 3 is 2.43 bits per heavy atom. The van der Waals surface area contributed by atoms with Crippen molar-refractivity contribution in [2.24, 2.45) is 5.92 Å². The molecule has 2 heterocycles. The zero-order valence-corrected chi connectivity index (χ0v) is 27.0. The second-order valence-corrected chi connectivity index (χ2v) is 12.1. The van der Waals surface area contributed by atoms with E-state index in [-0.39, 0.29) is 11.3 Å². The molecule has 0 bridgehead atoms. The van der Waals surface area contributed by atoms with Crippen LogP contribution < -0.4 is 5.32 Å². The summed E-state index contributed by atoms with van der Waals surface area (Å²) in [7, 11) is 0. The molecule has 4 rings (SSSR count). The smallest absolute Gasteiger partial charge is 0.291 e. The van der Waals surface area contributed by atoms with Crippen molar-refractivity contribution in [1.82, 2.24) is 9.88 Å². The largest absolute Gasteiger partial charge is 0.436 e. The van der Waals surface area contributed by atoms with Crippen LogP contribution in [-0.4, -0.2) is 34.5 Å². The molecule has 2 aliphatic rings. The van der Waals surface area contributed by atoms with Crippen molar-refractivity contribution < 1.29 is 13.9 Å².